The fraction of sp³-hybridized carbons (Fsp3) is 0. The molecule has 4 heteroatoms. The minimum Gasteiger partial charge on any atom is -0.310 e. The van der Waals surface area contributed by atoms with E-state index < -0.39 is 0 Å². The van der Waals surface area contributed by atoms with E-state index in [1.54, 1.807) is 12.1 Å². The molecule has 0 unspecified atom stereocenters. The molecular weight excluding hydrogens is 854 g/mol. The number of aromatic nitrogens is 1. The van der Waals surface area contributed by atoms with Crippen molar-refractivity contribution in [1.29, 1.82) is 0 Å². The Morgan fingerprint density at radius 2 is 0.757 bits per heavy atom. The van der Waals surface area contributed by atoms with E-state index in [1.807, 2.05) is 6.07 Å². The molecule has 14 aromatic rings. The van der Waals surface area contributed by atoms with Crippen LogP contribution in [0.25, 0.3) is 92.7 Å². The smallest absolute Gasteiger partial charge is 0.125 e. The molecule has 14 rings (SSSR count). The van der Waals surface area contributed by atoms with Crippen molar-refractivity contribution in [3.8, 4) is 22.3 Å². The van der Waals surface area contributed by atoms with E-state index in [1.165, 1.54) is 21.7 Å². The molecule has 0 saturated carbocycles. The highest BCUT2D eigenvalue weighted by Crippen LogP contribution is 2.49. The standard InChI is InChI=1S/C66H42FN3/c67-53-28-32-60-64(42-53)70-63-41-52-39-57(68(56-29-25-45-17-7-9-19-47(45)37-56)54-23-11-21-49(35-54)43-13-3-1-4-14-43)31-27-51(52)40-61(63)59-33-34-62(65(60)66(59)70)69(58-30-26-46-18-8-10-20-48(46)38-58)55-24-12-22-50(36-55)44-15-5-2-6-16-44/h1-42H. The highest BCUT2D eigenvalue weighted by atomic mass is 19.1. The SMILES string of the molecule is Fc1ccc2c3c(N(c4cccc(-c5ccccc5)c4)c4ccc5ccccc5c4)ccc4c5cc6ccc(N(c7cccc(-c8ccccc8)c7)c7ccc8ccccc8c7)cc6cc5n(c2c1)c43. The summed E-state index contributed by atoms with van der Waals surface area (Å²) < 4.78 is 18.0. The van der Waals surface area contributed by atoms with E-state index in [2.05, 4.69) is 251 Å². The average Bonchev–Trinajstić information content (AvgIpc) is 3.92. The first-order valence-electron chi connectivity index (χ1n) is 23.8. The van der Waals surface area contributed by atoms with Gasteiger partial charge in [-0.15, -0.1) is 0 Å². The predicted molar refractivity (Wildman–Crippen MR) is 294 cm³/mol. The zero-order valence-corrected chi connectivity index (χ0v) is 38.0. The molecule has 12 aromatic carbocycles. The first-order valence-corrected chi connectivity index (χ1v) is 23.8. The second-order valence-corrected chi connectivity index (χ2v) is 18.3. The maximum absolute atomic E-state index is 15.7. The molecule has 0 N–H and O–H groups in total. The Kier molecular flexibility index (Phi) is 9.08. The molecular formula is C66H42FN3. The van der Waals surface area contributed by atoms with Gasteiger partial charge in [0.1, 0.15) is 5.82 Å². The largest absolute Gasteiger partial charge is 0.310 e. The second-order valence-electron chi connectivity index (χ2n) is 18.3. The van der Waals surface area contributed by atoms with Crippen LogP contribution in [0.1, 0.15) is 0 Å². The van der Waals surface area contributed by atoms with Gasteiger partial charge >= 0.3 is 0 Å². The summed E-state index contributed by atoms with van der Waals surface area (Å²) in [6.07, 6.45) is 0. The van der Waals surface area contributed by atoms with Gasteiger partial charge in [0, 0.05) is 50.0 Å². The second kappa shape index (κ2) is 15.9. The molecule has 0 radical (unpaired) electrons. The number of fused-ring (bicyclic) bond motifs is 9. The van der Waals surface area contributed by atoms with Crippen LogP contribution < -0.4 is 9.80 Å². The van der Waals surface area contributed by atoms with Gasteiger partial charge in [-0.2, -0.15) is 0 Å². The van der Waals surface area contributed by atoms with Crippen LogP contribution >= 0.6 is 0 Å². The summed E-state index contributed by atoms with van der Waals surface area (Å²) in [6.45, 7) is 0. The zero-order chi connectivity index (χ0) is 46.3. The van der Waals surface area contributed by atoms with E-state index in [0.29, 0.717) is 0 Å². The summed E-state index contributed by atoms with van der Waals surface area (Å²) >= 11 is 0. The van der Waals surface area contributed by atoms with Crippen molar-refractivity contribution in [3.63, 3.8) is 0 Å². The van der Waals surface area contributed by atoms with E-state index in [9.17, 15) is 0 Å². The lowest BCUT2D eigenvalue weighted by Gasteiger charge is -2.27. The van der Waals surface area contributed by atoms with Gasteiger partial charge in [-0.05, 0) is 152 Å². The normalized spacial score (nSPS) is 11.8. The van der Waals surface area contributed by atoms with Crippen molar-refractivity contribution in [2.24, 2.45) is 0 Å². The Bertz CT molecular complexity index is 4330. The van der Waals surface area contributed by atoms with Gasteiger partial charge in [0.05, 0.1) is 22.2 Å². The third-order valence-corrected chi connectivity index (χ3v) is 14.2. The van der Waals surface area contributed by atoms with Gasteiger partial charge in [-0.25, -0.2) is 4.39 Å². The molecule has 0 bridgehead atoms. The number of hydrogen-bond donors (Lipinski definition) is 0. The number of benzene rings is 12. The van der Waals surface area contributed by atoms with Gasteiger partial charge in [0.25, 0.3) is 0 Å². The Morgan fingerprint density at radius 3 is 1.39 bits per heavy atom. The molecule has 2 aromatic heterocycles. The van der Waals surface area contributed by atoms with E-state index in [0.717, 1.165) is 105 Å². The molecule has 0 atom stereocenters. The number of nitrogens with zero attached hydrogens (tertiary/aromatic N) is 3. The van der Waals surface area contributed by atoms with Crippen LogP contribution in [0.4, 0.5) is 38.5 Å². The molecule has 328 valence electrons. The average molecular weight is 896 g/mol. The summed E-state index contributed by atoms with van der Waals surface area (Å²) in [5.74, 6) is -0.267. The highest BCUT2D eigenvalue weighted by molar-refractivity contribution is 6.28. The molecule has 0 fully saturated rings. The van der Waals surface area contributed by atoms with Crippen LogP contribution in [0.15, 0.2) is 255 Å². The molecule has 0 amide bonds. The monoisotopic (exact) mass is 895 g/mol. The fourth-order valence-electron chi connectivity index (χ4n) is 11.0. The van der Waals surface area contributed by atoms with Crippen molar-refractivity contribution in [2.45, 2.75) is 0 Å². The zero-order valence-electron chi connectivity index (χ0n) is 38.0. The Labute approximate surface area is 404 Å². The fourth-order valence-corrected chi connectivity index (χ4v) is 11.0. The van der Waals surface area contributed by atoms with Crippen molar-refractivity contribution < 1.29 is 4.39 Å². The molecule has 0 aliphatic carbocycles. The molecule has 70 heavy (non-hydrogen) atoms. The van der Waals surface area contributed by atoms with E-state index >= 15 is 4.39 Å². The van der Waals surface area contributed by atoms with Gasteiger partial charge in [0.15, 0.2) is 0 Å². The summed E-state index contributed by atoms with van der Waals surface area (Å²) in [5, 5.41) is 11.3. The lowest BCUT2D eigenvalue weighted by molar-refractivity contribution is 0.629. The Hall–Kier alpha value is -9.25. The van der Waals surface area contributed by atoms with Crippen molar-refractivity contribution >= 4 is 105 Å². The first-order chi connectivity index (χ1) is 34.6. The molecule has 2 heterocycles. The first kappa shape index (κ1) is 39.9. The molecule has 3 nitrogen and oxygen atoms in total. The van der Waals surface area contributed by atoms with Crippen LogP contribution in [0.3, 0.4) is 0 Å². The van der Waals surface area contributed by atoms with Crippen LogP contribution in [0.2, 0.25) is 0 Å². The van der Waals surface area contributed by atoms with Crippen LogP contribution in [0, 0.1) is 5.82 Å². The van der Waals surface area contributed by atoms with Gasteiger partial charge in [-0.3, -0.25) is 0 Å². The minimum absolute atomic E-state index is 0.267. The molecule has 0 saturated heterocycles. The van der Waals surface area contributed by atoms with Gasteiger partial charge < -0.3 is 14.2 Å². The predicted octanol–water partition coefficient (Wildman–Crippen LogP) is 18.7. The van der Waals surface area contributed by atoms with E-state index in [-0.39, 0.29) is 5.82 Å². The topological polar surface area (TPSA) is 10.9 Å². The third-order valence-electron chi connectivity index (χ3n) is 14.2. The highest BCUT2D eigenvalue weighted by Gasteiger charge is 2.25. The van der Waals surface area contributed by atoms with Crippen molar-refractivity contribution in [3.05, 3.63) is 261 Å². The lowest BCUT2D eigenvalue weighted by atomic mass is 10.0. The number of hydrogen-bond acceptors (Lipinski definition) is 2. The minimum atomic E-state index is -0.267. The van der Waals surface area contributed by atoms with Gasteiger partial charge in [-0.1, -0.05) is 158 Å². The maximum Gasteiger partial charge on any atom is 0.125 e. The van der Waals surface area contributed by atoms with Crippen molar-refractivity contribution in [2.75, 3.05) is 9.80 Å². The van der Waals surface area contributed by atoms with Crippen LogP contribution in [-0.4, -0.2) is 4.40 Å². The third kappa shape index (κ3) is 6.49. The van der Waals surface area contributed by atoms with Gasteiger partial charge in [0.2, 0.25) is 0 Å². The lowest BCUT2D eigenvalue weighted by Crippen LogP contribution is -2.10. The number of halogens is 1. The van der Waals surface area contributed by atoms with E-state index in [4.69, 9.17) is 0 Å². The Morgan fingerprint density at radius 1 is 0.286 bits per heavy atom. The van der Waals surface area contributed by atoms with Crippen molar-refractivity contribution in [1.82, 2.24) is 4.40 Å². The summed E-state index contributed by atoms with van der Waals surface area (Å²) in [6, 6.07) is 90.4. The summed E-state index contributed by atoms with van der Waals surface area (Å²) in [5.41, 5.74) is 13.8. The Balaban J connectivity index is 0.994. The van der Waals surface area contributed by atoms with Crippen LogP contribution in [-0.2, 0) is 0 Å². The maximum atomic E-state index is 15.7. The quantitative estimate of drug-likeness (QED) is 0.150. The molecule has 0 spiro atoms. The molecule has 0 aliphatic heterocycles. The number of anilines is 6. The number of rotatable bonds is 8. The van der Waals surface area contributed by atoms with Crippen LogP contribution in [0.5, 0.6) is 0 Å². The molecule has 0 aliphatic rings. The summed E-state index contributed by atoms with van der Waals surface area (Å²) in [7, 11) is 0. The summed E-state index contributed by atoms with van der Waals surface area (Å²) in [4.78, 5) is 4.74.